The van der Waals surface area contributed by atoms with E-state index >= 15 is 0 Å². The van der Waals surface area contributed by atoms with Gasteiger partial charge in [0.25, 0.3) is 11.8 Å². The molecular formula is C17H14FN3O2. The fourth-order valence-corrected chi connectivity index (χ4v) is 3.25. The molecule has 0 aliphatic carbocycles. The van der Waals surface area contributed by atoms with Crippen LogP contribution in [-0.2, 0) is 0 Å². The Morgan fingerprint density at radius 3 is 2.22 bits per heavy atom. The van der Waals surface area contributed by atoms with Crippen LogP contribution in [0.3, 0.4) is 0 Å². The molecule has 0 aromatic heterocycles. The van der Waals surface area contributed by atoms with Crippen LogP contribution in [0.15, 0.2) is 48.5 Å². The van der Waals surface area contributed by atoms with Crippen LogP contribution >= 0.6 is 0 Å². The van der Waals surface area contributed by atoms with Gasteiger partial charge < -0.3 is 0 Å². The number of carbonyl (C=O) groups is 2. The third-order valence-electron chi connectivity index (χ3n) is 4.35. The van der Waals surface area contributed by atoms with E-state index in [0.717, 1.165) is 0 Å². The zero-order valence-electron chi connectivity index (χ0n) is 12.1. The summed E-state index contributed by atoms with van der Waals surface area (Å²) in [6.07, 6.45) is 0. The largest absolute Gasteiger partial charge is 0.269 e. The van der Waals surface area contributed by atoms with Crippen molar-refractivity contribution < 1.29 is 14.0 Å². The average molecular weight is 311 g/mol. The Morgan fingerprint density at radius 2 is 1.57 bits per heavy atom. The van der Waals surface area contributed by atoms with Gasteiger partial charge in [0.15, 0.2) is 0 Å². The molecule has 2 amide bonds. The van der Waals surface area contributed by atoms with E-state index in [-0.39, 0.29) is 17.6 Å². The van der Waals surface area contributed by atoms with Gasteiger partial charge in [-0.15, -0.1) is 0 Å². The van der Waals surface area contributed by atoms with Crippen molar-refractivity contribution in [2.75, 3.05) is 6.54 Å². The molecule has 5 nitrogen and oxygen atoms in total. The minimum Gasteiger partial charge on any atom is -0.269 e. The van der Waals surface area contributed by atoms with Gasteiger partial charge in [0, 0.05) is 12.1 Å². The van der Waals surface area contributed by atoms with Gasteiger partial charge in [-0.3, -0.25) is 19.9 Å². The minimum absolute atomic E-state index is 0.331. The predicted octanol–water partition coefficient (Wildman–Crippen LogP) is 1.64. The summed E-state index contributed by atoms with van der Waals surface area (Å²) >= 11 is 0. The van der Waals surface area contributed by atoms with Crippen LogP contribution < -0.4 is 10.9 Å². The SMILES string of the molecule is O=C1c2ccccc2C(=O)N1C1CNNC1c1ccccc1F. The summed E-state index contributed by atoms with van der Waals surface area (Å²) in [6, 6.07) is 12.1. The Balaban J connectivity index is 1.72. The second-order valence-corrected chi connectivity index (χ2v) is 5.62. The Kier molecular flexibility index (Phi) is 3.21. The smallest absolute Gasteiger partial charge is 0.261 e. The number of amides is 2. The number of imide groups is 1. The van der Waals surface area contributed by atoms with Crippen molar-refractivity contribution in [2.24, 2.45) is 0 Å². The molecule has 0 saturated carbocycles. The summed E-state index contributed by atoms with van der Waals surface area (Å²) in [4.78, 5) is 26.5. The van der Waals surface area contributed by atoms with Crippen LogP contribution in [0.1, 0.15) is 32.3 Å². The highest BCUT2D eigenvalue weighted by Gasteiger charge is 2.45. The zero-order chi connectivity index (χ0) is 16.0. The van der Waals surface area contributed by atoms with Gasteiger partial charge in [0.05, 0.1) is 23.2 Å². The van der Waals surface area contributed by atoms with Crippen LogP contribution in [0.25, 0.3) is 0 Å². The summed E-state index contributed by atoms with van der Waals surface area (Å²) < 4.78 is 14.1. The van der Waals surface area contributed by atoms with E-state index in [1.54, 1.807) is 42.5 Å². The van der Waals surface area contributed by atoms with E-state index in [4.69, 9.17) is 0 Å². The average Bonchev–Trinajstić information content (AvgIpc) is 3.12. The van der Waals surface area contributed by atoms with Crippen LogP contribution in [-0.4, -0.2) is 29.3 Å². The molecule has 0 radical (unpaired) electrons. The molecule has 0 bridgehead atoms. The summed E-state index contributed by atoms with van der Waals surface area (Å²) in [6.45, 7) is 0.366. The van der Waals surface area contributed by atoms with Crippen molar-refractivity contribution in [2.45, 2.75) is 12.1 Å². The van der Waals surface area contributed by atoms with E-state index in [1.807, 2.05) is 0 Å². The minimum atomic E-state index is -0.488. The predicted molar refractivity (Wildman–Crippen MR) is 81.0 cm³/mol. The van der Waals surface area contributed by atoms with E-state index in [9.17, 15) is 14.0 Å². The standard InChI is InChI=1S/C17H14FN3O2/c18-13-8-4-3-7-12(13)15-14(9-19-20-15)21-16(22)10-5-1-2-6-11(10)17(21)23/h1-8,14-15,19-20H,9H2. The van der Waals surface area contributed by atoms with Crippen molar-refractivity contribution in [3.05, 3.63) is 71.0 Å². The zero-order valence-corrected chi connectivity index (χ0v) is 12.1. The van der Waals surface area contributed by atoms with Gasteiger partial charge in [-0.25, -0.2) is 9.82 Å². The maximum Gasteiger partial charge on any atom is 0.261 e. The third-order valence-corrected chi connectivity index (χ3v) is 4.35. The summed E-state index contributed by atoms with van der Waals surface area (Å²) in [5.41, 5.74) is 7.13. The number of fused-ring (bicyclic) bond motifs is 1. The van der Waals surface area contributed by atoms with Gasteiger partial charge in [0.2, 0.25) is 0 Å². The monoisotopic (exact) mass is 311 g/mol. The second kappa shape index (κ2) is 5.26. The topological polar surface area (TPSA) is 61.4 Å². The number of carbonyl (C=O) groups excluding carboxylic acids is 2. The van der Waals surface area contributed by atoms with E-state index in [2.05, 4.69) is 10.9 Å². The van der Waals surface area contributed by atoms with Crippen LogP contribution in [0, 0.1) is 5.82 Å². The quantitative estimate of drug-likeness (QED) is 0.828. The van der Waals surface area contributed by atoms with Crippen molar-refractivity contribution >= 4 is 11.8 Å². The van der Waals surface area contributed by atoms with Crippen molar-refractivity contribution in [3.63, 3.8) is 0 Å². The van der Waals surface area contributed by atoms with Crippen molar-refractivity contribution in [1.29, 1.82) is 0 Å². The lowest BCUT2D eigenvalue weighted by Gasteiger charge is -2.27. The Morgan fingerprint density at radius 1 is 0.957 bits per heavy atom. The molecule has 6 heteroatoms. The molecule has 2 aromatic rings. The molecule has 1 fully saturated rings. The van der Waals surface area contributed by atoms with Gasteiger partial charge in [-0.1, -0.05) is 30.3 Å². The second-order valence-electron chi connectivity index (χ2n) is 5.62. The lowest BCUT2D eigenvalue weighted by molar-refractivity contribution is 0.0579. The van der Waals surface area contributed by atoms with Gasteiger partial charge >= 0.3 is 0 Å². The highest BCUT2D eigenvalue weighted by atomic mass is 19.1. The lowest BCUT2D eigenvalue weighted by atomic mass is 9.99. The molecule has 2 aliphatic heterocycles. The first-order valence-electron chi connectivity index (χ1n) is 7.38. The summed E-state index contributed by atoms with van der Waals surface area (Å²) in [5.74, 6) is -1.03. The number of hydrogen-bond acceptors (Lipinski definition) is 4. The van der Waals surface area contributed by atoms with Gasteiger partial charge in [-0.2, -0.15) is 0 Å². The highest BCUT2D eigenvalue weighted by molar-refractivity contribution is 6.21. The normalized spacial score (nSPS) is 23.4. The molecule has 23 heavy (non-hydrogen) atoms. The molecule has 116 valence electrons. The lowest BCUT2D eigenvalue weighted by Crippen LogP contribution is -2.44. The number of nitrogens with zero attached hydrogens (tertiary/aromatic N) is 1. The Hall–Kier alpha value is -2.57. The fourth-order valence-electron chi connectivity index (χ4n) is 3.25. The first-order chi connectivity index (χ1) is 11.2. The number of benzene rings is 2. The Labute approximate surface area is 132 Å². The molecule has 2 unspecified atom stereocenters. The molecule has 2 aromatic carbocycles. The number of hydrogen-bond donors (Lipinski definition) is 2. The van der Waals surface area contributed by atoms with Crippen LogP contribution in [0.5, 0.6) is 0 Å². The molecule has 4 rings (SSSR count). The molecule has 0 spiro atoms. The molecule has 2 aliphatic rings. The number of rotatable bonds is 2. The van der Waals surface area contributed by atoms with Crippen LogP contribution in [0.4, 0.5) is 4.39 Å². The Bertz CT molecular complexity index is 773. The first kappa shape index (κ1) is 14.0. The van der Waals surface area contributed by atoms with Crippen LogP contribution in [0.2, 0.25) is 0 Å². The molecule has 1 saturated heterocycles. The number of hydrazine groups is 1. The van der Waals surface area contributed by atoms with Crippen molar-refractivity contribution in [1.82, 2.24) is 15.8 Å². The fraction of sp³-hybridized carbons (Fsp3) is 0.176. The molecule has 2 atom stereocenters. The molecule has 2 heterocycles. The number of nitrogens with one attached hydrogen (secondary N) is 2. The highest BCUT2D eigenvalue weighted by Crippen LogP contribution is 2.32. The van der Waals surface area contributed by atoms with E-state index in [1.165, 1.54) is 11.0 Å². The van der Waals surface area contributed by atoms with E-state index < -0.39 is 12.1 Å². The van der Waals surface area contributed by atoms with E-state index in [0.29, 0.717) is 23.2 Å². The molecule has 2 N–H and O–H groups in total. The molecular weight excluding hydrogens is 297 g/mol. The number of halogens is 1. The maximum atomic E-state index is 14.1. The third kappa shape index (κ3) is 2.07. The van der Waals surface area contributed by atoms with Crippen molar-refractivity contribution in [3.8, 4) is 0 Å². The van der Waals surface area contributed by atoms with Gasteiger partial charge in [0.1, 0.15) is 5.82 Å². The maximum absolute atomic E-state index is 14.1. The first-order valence-corrected chi connectivity index (χ1v) is 7.38. The summed E-state index contributed by atoms with van der Waals surface area (Å²) in [7, 11) is 0. The van der Waals surface area contributed by atoms with Gasteiger partial charge in [-0.05, 0) is 18.2 Å². The summed E-state index contributed by atoms with van der Waals surface area (Å²) in [5, 5.41) is 0.